The SMILES string of the molecule is CCn1c(COc2cc(Cl)ccc2Cl)nnc1SCC(=O)NCc1ccc(Cl)cc1. The van der Waals surface area contributed by atoms with E-state index in [1.807, 2.05) is 23.6 Å². The molecule has 0 bridgehead atoms. The van der Waals surface area contributed by atoms with Crippen molar-refractivity contribution in [1.82, 2.24) is 20.1 Å². The fourth-order valence-electron chi connectivity index (χ4n) is 2.56. The summed E-state index contributed by atoms with van der Waals surface area (Å²) in [5, 5.41) is 13.6. The molecule has 1 amide bonds. The van der Waals surface area contributed by atoms with E-state index in [4.69, 9.17) is 39.5 Å². The summed E-state index contributed by atoms with van der Waals surface area (Å²) in [6, 6.07) is 12.4. The number of hydrogen-bond donors (Lipinski definition) is 1. The van der Waals surface area contributed by atoms with Crippen molar-refractivity contribution in [3.63, 3.8) is 0 Å². The number of carbonyl (C=O) groups is 1. The Morgan fingerprint density at radius 2 is 1.83 bits per heavy atom. The van der Waals surface area contributed by atoms with Crippen molar-refractivity contribution in [2.24, 2.45) is 0 Å². The predicted molar refractivity (Wildman–Crippen MR) is 121 cm³/mol. The molecule has 3 rings (SSSR count). The second-order valence-corrected chi connectivity index (χ2v) is 8.42. The number of amides is 1. The van der Waals surface area contributed by atoms with Crippen molar-refractivity contribution >= 4 is 52.5 Å². The third-order valence-corrected chi connectivity index (χ3v) is 5.86. The molecule has 0 saturated carbocycles. The number of aromatic nitrogens is 3. The minimum Gasteiger partial charge on any atom is -0.484 e. The summed E-state index contributed by atoms with van der Waals surface area (Å²) in [4.78, 5) is 12.2. The van der Waals surface area contributed by atoms with Crippen molar-refractivity contribution in [3.8, 4) is 5.75 Å². The van der Waals surface area contributed by atoms with Crippen LogP contribution in [0.15, 0.2) is 47.6 Å². The first-order chi connectivity index (χ1) is 14.5. The molecular formula is C20H19Cl3N4O2S. The molecule has 0 saturated heterocycles. The lowest BCUT2D eigenvalue weighted by atomic mass is 10.2. The van der Waals surface area contributed by atoms with Gasteiger partial charge in [-0.05, 0) is 36.8 Å². The van der Waals surface area contributed by atoms with Gasteiger partial charge < -0.3 is 14.6 Å². The number of halogens is 3. The molecule has 0 atom stereocenters. The zero-order valence-electron chi connectivity index (χ0n) is 16.1. The summed E-state index contributed by atoms with van der Waals surface area (Å²) in [6.45, 7) is 3.24. The molecule has 0 radical (unpaired) electrons. The van der Waals surface area contributed by atoms with Gasteiger partial charge in [-0.15, -0.1) is 10.2 Å². The highest BCUT2D eigenvalue weighted by Gasteiger charge is 2.14. The third kappa shape index (κ3) is 6.28. The lowest BCUT2D eigenvalue weighted by Crippen LogP contribution is -2.24. The molecule has 1 heterocycles. The van der Waals surface area contributed by atoms with Crippen molar-refractivity contribution in [1.29, 1.82) is 0 Å². The summed E-state index contributed by atoms with van der Waals surface area (Å²) in [6.07, 6.45) is 0. The van der Waals surface area contributed by atoms with Crippen LogP contribution in [0.5, 0.6) is 5.75 Å². The van der Waals surface area contributed by atoms with E-state index in [9.17, 15) is 4.79 Å². The van der Waals surface area contributed by atoms with E-state index < -0.39 is 0 Å². The van der Waals surface area contributed by atoms with Gasteiger partial charge >= 0.3 is 0 Å². The van der Waals surface area contributed by atoms with Gasteiger partial charge in [0.05, 0.1) is 10.8 Å². The summed E-state index contributed by atoms with van der Waals surface area (Å²) >= 11 is 19.3. The second kappa shape index (κ2) is 10.9. The van der Waals surface area contributed by atoms with E-state index in [1.54, 1.807) is 30.3 Å². The van der Waals surface area contributed by atoms with Gasteiger partial charge in [0.1, 0.15) is 12.4 Å². The quantitative estimate of drug-likeness (QED) is 0.419. The maximum atomic E-state index is 12.2. The highest BCUT2D eigenvalue weighted by molar-refractivity contribution is 7.99. The van der Waals surface area contributed by atoms with E-state index >= 15 is 0 Å². The van der Waals surface area contributed by atoms with Crippen molar-refractivity contribution in [2.45, 2.75) is 31.8 Å². The molecule has 0 aliphatic carbocycles. The summed E-state index contributed by atoms with van der Waals surface area (Å²) < 4.78 is 7.64. The molecule has 0 unspecified atom stereocenters. The monoisotopic (exact) mass is 484 g/mol. The Morgan fingerprint density at radius 1 is 1.10 bits per heavy atom. The molecule has 1 N–H and O–H groups in total. The van der Waals surface area contributed by atoms with E-state index in [2.05, 4.69) is 15.5 Å². The van der Waals surface area contributed by atoms with Gasteiger partial charge in [0.15, 0.2) is 11.0 Å². The van der Waals surface area contributed by atoms with Gasteiger partial charge in [0, 0.05) is 29.2 Å². The Balaban J connectivity index is 1.54. The normalized spacial score (nSPS) is 10.8. The zero-order chi connectivity index (χ0) is 21.5. The Morgan fingerprint density at radius 3 is 2.57 bits per heavy atom. The van der Waals surface area contributed by atoms with Crippen molar-refractivity contribution in [2.75, 3.05) is 5.75 Å². The molecule has 0 fully saturated rings. The van der Waals surface area contributed by atoms with Gasteiger partial charge in [-0.2, -0.15) is 0 Å². The molecule has 2 aromatic carbocycles. The number of nitrogens with one attached hydrogen (secondary N) is 1. The largest absolute Gasteiger partial charge is 0.484 e. The summed E-state index contributed by atoms with van der Waals surface area (Å²) in [5.74, 6) is 1.25. The zero-order valence-corrected chi connectivity index (χ0v) is 19.2. The number of nitrogens with zero attached hydrogens (tertiary/aromatic N) is 3. The Hall–Kier alpha value is -1.93. The van der Waals surface area contributed by atoms with Crippen LogP contribution >= 0.6 is 46.6 Å². The molecule has 0 spiro atoms. The topological polar surface area (TPSA) is 69.0 Å². The molecule has 158 valence electrons. The lowest BCUT2D eigenvalue weighted by molar-refractivity contribution is -0.118. The van der Waals surface area contributed by atoms with E-state index in [0.29, 0.717) is 44.9 Å². The molecule has 0 aliphatic heterocycles. The van der Waals surface area contributed by atoms with Gasteiger partial charge in [-0.25, -0.2) is 0 Å². The van der Waals surface area contributed by atoms with Gasteiger partial charge in [-0.1, -0.05) is 58.7 Å². The Bertz CT molecular complexity index is 1010. The van der Waals surface area contributed by atoms with Crippen LogP contribution in [0.2, 0.25) is 15.1 Å². The number of hydrogen-bond acceptors (Lipinski definition) is 5. The summed E-state index contributed by atoms with van der Waals surface area (Å²) in [5.41, 5.74) is 0.980. The van der Waals surface area contributed by atoms with E-state index in [-0.39, 0.29) is 18.3 Å². The van der Waals surface area contributed by atoms with Gasteiger partial charge in [-0.3, -0.25) is 4.79 Å². The molecule has 0 aliphatic rings. The molecule has 6 nitrogen and oxygen atoms in total. The molecule has 1 aromatic heterocycles. The van der Waals surface area contributed by atoms with Crippen LogP contribution in [0, 0.1) is 0 Å². The number of carbonyl (C=O) groups excluding carboxylic acids is 1. The number of ether oxygens (including phenoxy) is 1. The van der Waals surface area contributed by atoms with Gasteiger partial charge in [0.2, 0.25) is 5.91 Å². The number of thioether (sulfide) groups is 1. The molecule has 3 aromatic rings. The van der Waals surface area contributed by atoms with E-state index in [1.165, 1.54) is 11.8 Å². The lowest BCUT2D eigenvalue weighted by Gasteiger charge is -2.10. The first kappa shape index (κ1) is 22.7. The molecule has 30 heavy (non-hydrogen) atoms. The van der Waals surface area contributed by atoms with Crippen LogP contribution in [0.4, 0.5) is 0 Å². The fourth-order valence-corrected chi connectivity index (χ4v) is 3.88. The first-order valence-corrected chi connectivity index (χ1v) is 11.2. The van der Waals surface area contributed by atoms with Gasteiger partial charge in [0.25, 0.3) is 0 Å². The average molecular weight is 486 g/mol. The maximum absolute atomic E-state index is 12.2. The Labute approximate surface area is 193 Å². The van der Waals surface area contributed by atoms with Crippen LogP contribution < -0.4 is 10.1 Å². The van der Waals surface area contributed by atoms with Crippen molar-refractivity contribution in [3.05, 3.63) is 68.9 Å². The average Bonchev–Trinajstić information content (AvgIpc) is 3.14. The van der Waals surface area contributed by atoms with Crippen LogP contribution in [0.1, 0.15) is 18.3 Å². The maximum Gasteiger partial charge on any atom is 0.230 e. The smallest absolute Gasteiger partial charge is 0.230 e. The number of benzene rings is 2. The third-order valence-electron chi connectivity index (χ3n) is 4.10. The number of rotatable bonds is 9. The minimum absolute atomic E-state index is 0.0934. The van der Waals surface area contributed by atoms with Crippen LogP contribution in [-0.4, -0.2) is 26.4 Å². The Kier molecular flexibility index (Phi) is 8.27. The standard InChI is InChI=1S/C20H19Cl3N4O2S/c1-2-27-18(11-29-17-9-15(22)7-8-16(17)23)25-26-20(27)30-12-19(28)24-10-13-3-5-14(21)6-4-13/h3-9H,2,10-12H2,1H3,(H,24,28). The predicted octanol–water partition coefficient (Wildman–Crippen LogP) is 5.25. The van der Waals surface area contributed by atoms with Crippen LogP contribution in [-0.2, 0) is 24.5 Å². The van der Waals surface area contributed by atoms with Crippen LogP contribution in [0.3, 0.4) is 0 Å². The second-order valence-electron chi connectivity index (χ2n) is 6.20. The summed E-state index contributed by atoms with van der Waals surface area (Å²) in [7, 11) is 0. The van der Waals surface area contributed by atoms with Crippen molar-refractivity contribution < 1.29 is 9.53 Å². The first-order valence-electron chi connectivity index (χ1n) is 9.10. The molecular weight excluding hydrogens is 467 g/mol. The highest BCUT2D eigenvalue weighted by Crippen LogP contribution is 2.28. The highest BCUT2D eigenvalue weighted by atomic mass is 35.5. The van der Waals surface area contributed by atoms with Crippen LogP contribution in [0.25, 0.3) is 0 Å². The molecule has 10 heteroatoms. The fraction of sp³-hybridized carbons (Fsp3) is 0.250. The van der Waals surface area contributed by atoms with E-state index in [0.717, 1.165) is 5.56 Å². The minimum atomic E-state index is -0.0934.